The lowest BCUT2D eigenvalue weighted by Gasteiger charge is -2.06. The van der Waals surface area contributed by atoms with Crippen molar-refractivity contribution >= 4 is 11.7 Å². The Morgan fingerprint density at radius 3 is 2.94 bits per heavy atom. The van der Waals surface area contributed by atoms with Crippen LogP contribution in [-0.2, 0) is 9.53 Å². The van der Waals surface area contributed by atoms with Gasteiger partial charge in [0.2, 0.25) is 0 Å². The van der Waals surface area contributed by atoms with Gasteiger partial charge in [-0.05, 0) is 24.6 Å². The van der Waals surface area contributed by atoms with E-state index in [0.29, 0.717) is 5.56 Å². The van der Waals surface area contributed by atoms with Crippen molar-refractivity contribution in [3.8, 4) is 6.07 Å². The Bertz CT molecular complexity index is 542. The van der Waals surface area contributed by atoms with Crippen LogP contribution in [-0.4, -0.2) is 28.2 Å². The van der Waals surface area contributed by atoms with Gasteiger partial charge in [0.15, 0.2) is 6.10 Å². The van der Waals surface area contributed by atoms with Crippen molar-refractivity contribution in [3.63, 3.8) is 0 Å². The molecule has 0 bridgehead atoms. The quantitative estimate of drug-likeness (QED) is 0.367. The second-order valence-corrected chi connectivity index (χ2v) is 3.35. The van der Waals surface area contributed by atoms with Crippen molar-refractivity contribution in [2.24, 2.45) is 0 Å². The first-order chi connectivity index (χ1) is 8.63. The van der Waals surface area contributed by atoms with E-state index in [4.69, 9.17) is 10.8 Å². The third kappa shape index (κ3) is 3.01. The topological polar surface area (TPSA) is 107 Å². The molecule has 1 unspecified atom stereocenters. The molecule has 0 aliphatic heterocycles. The molecule has 0 radical (unpaired) electrons. The summed E-state index contributed by atoms with van der Waals surface area (Å²) in [4.78, 5) is 14.2. The lowest BCUT2D eigenvalue weighted by molar-refractivity contribution is -0.141. The minimum Gasteiger partial charge on any atom is -0.457 e. The van der Waals surface area contributed by atoms with Crippen LogP contribution in [0, 0.1) is 11.3 Å². The third-order valence-corrected chi connectivity index (χ3v) is 2.18. The van der Waals surface area contributed by atoms with Crippen LogP contribution in [0.5, 0.6) is 0 Å². The van der Waals surface area contributed by atoms with Gasteiger partial charge in [0, 0.05) is 0 Å². The van der Waals surface area contributed by atoms with Gasteiger partial charge >= 0.3 is 11.7 Å². The first-order valence-electron chi connectivity index (χ1n) is 5.21. The molecule has 0 aliphatic carbocycles. The summed E-state index contributed by atoms with van der Waals surface area (Å²) in [7, 11) is 0. The standard InChI is InChI=1S/C12H11N3O3/c1-2-18-12(17)10(15-14)11(16)9-5-3-4-8(6-9)7-13/h3-6,11,16H,2H2,1H3. The molecule has 0 heterocycles. The first-order valence-corrected chi connectivity index (χ1v) is 5.21. The molecule has 1 aromatic carbocycles. The lowest BCUT2D eigenvalue weighted by Crippen LogP contribution is -2.25. The molecular weight excluding hydrogens is 234 g/mol. The fourth-order valence-electron chi connectivity index (χ4n) is 1.35. The van der Waals surface area contributed by atoms with Crippen LogP contribution in [0.15, 0.2) is 24.3 Å². The molecular formula is C12H11N3O3. The lowest BCUT2D eigenvalue weighted by atomic mass is 10.0. The number of nitrogens with zero attached hydrogens (tertiary/aromatic N) is 3. The van der Waals surface area contributed by atoms with E-state index in [1.54, 1.807) is 19.1 Å². The molecule has 1 atom stereocenters. The smallest absolute Gasteiger partial charge is 0.420 e. The summed E-state index contributed by atoms with van der Waals surface area (Å²) in [5.74, 6) is -0.908. The van der Waals surface area contributed by atoms with Gasteiger partial charge in [0.25, 0.3) is 0 Å². The number of ether oxygens (including phenoxy) is 1. The van der Waals surface area contributed by atoms with Crippen LogP contribution in [0.4, 0.5) is 0 Å². The van der Waals surface area contributed by atoms with Crippen molar-refractivity contribution in [3.05, 3.63) is 40.9 Å². The van der Waals surface area contributed by atoms with Gasteiger partial charge in [0.05, 0.1) is 18.2 Å². The van der Waals surface area contributed by atoms with Gasteiger partial charge < -0.3 is 15.4 Å². The Balaban J connectivity index is 3.05. The summed E-state index contributed by atoms with van der Waals surface area (Å²) in [6.45, 7) is 1.69. The molecule has 1 N–H and O–H groups in total. The second-order valence-electron chi connectivity index (χ2n) is 3.35. The van der Waals surface area contributed by atoms with Crippen molar-refractivity contribution in [2.45, 2.75) is 13.0 Å². The molecule has 0 fully saturated rings. The molecule has 6 nitrogen and oxygen atoms in total. The highest BCUT2D eigenvalue weighted by Crippen LogP contribution is 2.15. The summed E-state index contributed by atoms with van der Waals surface area (Å²) >= 11 is 0. The van der Waals surface area contributed by atoms with E-state index in [2.05, 4.69) is 9.53 Å². The highest BCUT2D eigenvalue weighted by molar-refractivity contribution is 6.35. The number of carbonyl (C=O) groups is 1. The molecule has 0 spiro atoms. The summed E-state index contributed by atoms with van der Waals surface area (Å²) in [5, 5.41) is 18.6. The molecule has 92 valence electrons. The summed E-state index contributed by atoms with van der Waals surface area (Å²) in [6.07, 6.45) is -1.44. The second kappa shape index (κ2) is 6.30. The van der Waals surface area contributed by atoms with E-state index in [0.717, 1.165) is 0 Å². The predicted octanol–water partition coefficient (Wildman–Crippen LogP) is 0.826. The Hall–Kier alpha value is -2.48. The monoisotopic (exact) mass is 245 g/mol. The predicted molar refractivity (Wildman–Crippen MR) is 61.4 cm³/mol. The Labute approximate surface area is 104 Å². The fourth-order valence-corrected chi connectivity index (χ4v) is 1.35. The van der Waals surface area contributed by atoms with E-state index in [9.17, 15) is 9.90 Å². The van der Waals surface area contributed by atoms with Crippen molar-refractivity contribution in [1.29, 1.82) is 5.26 Å². The molecule has 0 saturated carbocycles. The van der Waals surface area contributed by atoms with Gasteiger partial charge in [-0.25, -0.2) is 4.79 Å². The van der Waals surface area contributed by atoms with Crippen LogP contribution < -0.4 is 0 Å². The van der Waals surface area contributed by atoms with Crippen molar-refractivity contribution in [2.75, 3.05) is 6.61 Å². The maximum absolute atomic E-state index is 11.4. The number of esters is 1. The van der Waals surface area contributed by atoms with E-state index >= 15 is 0 Å². The average molecular weight is 245 g/mol. The van der Waals surface area contributed by atoms with E-state index < -0.39 is 17.8 Å². The number of hydrogen-bond donors (Lipinski definition) is 1. The largest absolute Gasteiger partial charge is 0.457 e. The number of aliphatic hydroxyl groups excluding tert-OH is 1. The third-order valence-electron chi connectivity index (χ3n) is 2.18. The number of benzene rings is 1. The Kier molecular flexibility index (Phi) is 4.76. The van der Waals surface area contributed by atoms with E-state index in [1.165, 1.54) is 12.1 Å². The van der Waals surface area contributed by atoms with Crippen LogP contribution in [0.3, 0.4) is 0 Å². The van der Waals surface area contributed by atoms with Gasteiger partial charge in [-0.1, -0.05) is 12.1 Å². The number of aliphatic hydroxyl groups is 1. The normalized spacial score (nSPS) is 10.9. The van der Waals surface area contributed by atoms with Crippen molar-refractivity contribution < 1.29 is 19.4 Å². The van der Waals surface area contributed by atoms with E-state index in [-0.39, 0.29) is 12.2 Å². The Morgan fingerprint density at radius 1 is 1.67 bits per heavy atom. The molecule has 0 saturated heterocycles. The maximum Gasteiger partial charge on any atom is 0.420 e. The van der Waals surface area contributed by atoms with Crippen LogP contribution in [0.2, 0.25) is 0 Å². The fraction of sp³-hybridized carbons (Fsp3) is 0.250. The van der Waals surface area contributed by atoms with Crippen LogP contribution >= 0.6 is 0 Å². The van der Waals surface area contributed by atoms with Crippen LogP contribution in [0.25, 0.3) is 5.53 Å². The summed E-state index contributed by atoms with van der Waals surface area (Å²) in [6, 6.07) is 7.92. The Morgan fingerprint density at radius 2 is 2.39 bits per heavy atom. The van der Waals surface area contributed by atoms with Gasteiger partial charge in [-0.15, -0.1) is 0 Å². The minimum atomic E-state index is -1.44. The van der Waals surface area contributed by atoms with E-state index in [1.807, 2.05) is 6.07 Å². The molecule has 0 aliphatic rings. The number of carbonyl (C=O) groups excluding carboxylic acids is 1. The zero-order valence-electron chi connectivity index (χ0n) is 9.70. The summed E-state index contributed by atoms with van der Waals surface area (Å²) < 4.78 is 4.64. The molecule has 6 heteroatoms. The number of nitriles is 1. The first kappa shape index (κ1) is 13.6. The van der Waals surface area contributed by atoms with Crippen molar-refractivity contribution in [1.82, 2.24) is 0 Å². The minimum absolute atomic E-state index is 0.100. The summed E-state index contributed by atoms with van der Waals surface area (Å²) in [5.41, 5.74) is 8.82. The highest BCUT2D eigenvalue weighted by Gasteiger charge is 2.32. The van der Waals surface area contributed by atoms with Gasteiger partial charge in [-0.3, -0.25) is 0 Å². The maximum atomic E-state index is 11.4. The number of hydrogen-bond acceptors (Lipinski definition) is 4. The molecule has 18 heavy (non-hydrogen) atoms. The zero-order chi connectivity index (χ0) is 13.5. The highest BCUT2D eigenvalue weighted by atomic mass is 16.5. The van der Waals surface area contributed by atoms with Gasteiger partial charge in [-0.2, -0.15) is 10.1 Å². The number of rotatable bonds is 4. The molecule has 1 aromatic rings. The SMILES string of the molecule is CCOC(=O)C(=[N+]=[N-])C(O)c1cccc(C#N)c1. The molecule has 1 rings (SSSR count). The molecule has 0 amide bonds. The average Bonchev–Trinajstić information content (AvgIpc) is 2.40. The molecule has 0 aromatic heterocycles. The van der Waals surface area contributed by atoms with Crippen LogP contribution in [0.1, 0.15) is 24.2 Å². The van der Waals surface area contributed by atoms with Gasteiger partial charge in [0.1, 0.15) is 0 Å². The zero-order valence-corrected chi connectivity index (χ0v) is 9.70.